The average Bonchev–Trinajstić information content (AvgIpc) is 2.88. The van der Waals surface area contributed by atoms with Crippen LogP contribution in [0.15, 0.2) is 24.3 Å². The lowest BCUT2D eigenvalue weighted by molar-refractivity contribution is -0.126. The Hall–Kier alpha value is -1.10. The standard InChI is InChI=1S/C14H20N2O2.ClH/c1-2-10-3-5-11(6-4-10)16-14(17)13-8-7-12(9-15)18-13;/h3-6,12-13H,2,7-9,15H2,1H3,(H,16,17);1H/t12-,13+;/m1./s1. The second-order valence-corrected chi connectivity index (χ2v) is 4.60. The Morgan fingerprint density at radius 2 is 2.05 bits per heavy atom. The molecule has 1 aromatic carbocycles. The highest BCUT2D eigenvalue weighted by atomic mass is 35.5. The number of amides is 1. The van der Waals surface area contributed by atoms with Gasteiger partial charge in [0.1, 0.15) is 6.10 Å². The van der Waals surface area contributed by atoms with E-state index in [0.717, 1.165) is 24.9 Å². The van der Waals surface area contributed by atoms with Gasteiger partial charge in [-0.3, -0.25) is 4.79 Å². The van der Waals surface area contributed by atoms with Crippen LogP contribution in [-0.2, 0) is 16.0 Å². The molecule has 1 heterocycles. The lowest BCUT2D eigenvalue weighted by Gasteiger charge is -2.12. The molecule has 1 aromatic rings. The summed E-state index contributed by atoms with van der Waals surface area (Å²) in [6.07, 6.45) is 2.29. The largest absolute Gasteiger partial charge is 0.364 e. The van der Waals surface area contributed by atoms with Crippen molar-refractivity contribution in [3.8, 4) is 0 Å². The Balaban J connectivity index is 0.00000180. The molecule has 0 saturated carbocycles. The Labute approximate surface area is 120 Å². The Bertz CT molecular complexity index is 408. The van der Waals surface area contributed by atoms with E-state index >= 15 is 0 Å². The highest BCUT2D eigenvalue weighted by Gasteiger charge is 2.29. The van der Waals surface area contributed by atoms with E-state index in [1.54, 1.807) is 0 Å². The molecule has 0 radical (unpaired) electrons. The van der Waals surface area contributed by atoms with E-state index in [1.807, 2.05) is 24.3 Å². The predicted octanol–water partition coefficient (Wildman–Crippen LogP) is 2.12. The van der Waals surface area contributed by atoms with Crippen LogP contribution in [0.4, 0.5) is 5.69 Å². The molecule has 19 heavy (non-hydrogen) atoms. The van der Waals surface area contributed by atoms with Crippen molar-refractivity contribution in [3.63, 3.8) is 0 Å². The second kappa shape index (κ2) is 7.48. The molecule has 3 N–H and O–H groups in total. The van der Waals surface area contributed by atoms with Crippen LogP contribution in [0.5, 0.6) is 0 Å². The monoisotopic (exact) mass is 284 g/mol. The third-order valence-corrected chi connectivity index (χ3v) is 3.29. The summed E-state index contributed by atoms with van der Waals surface area (Å²) in [5, 5.41) is 2.88. The molecule has 4 nitrogen and oxygen atoms in total. The molecule has 0 unspecified atom stereocenters. The van der Waals surface area contributed by atoms with Crippen molar-refractivity contribution in [2.45, 2.75) is 38.4 Å². The van der Waals surface area contributed by atoms with Crippen molar-refractivity contribution in [1.82, 2.24) is 0 Å². The number of nitrogens with one attached hydrogen (secondary N) is 1. The predicted molar refractivity (Wildman–Crippen MR) is 78.6 cm³/mol. The van der Waals surface area contributed by atoms with Crippen molar-refractivity contribution >= 4 is 24.0 Å². The van der Waals surface area contributed by atoms with Gasteiger partial charge in [0.2, 0.25) is 0 Å². The zero-order valence-corrected chi connectivity index (χ0v) is 11.9. The van der Waals surface area contributed by atoms with E-state index in [0.29, 0.717) is 6.54 Å². The van der Waals surface area contributed by atoms with Gasteiger partial charge in [-0.1, -0.05) is 19.1 Å². The van der Waals surface area contributed by atoms with Gasteiger partial charge in [-0.05, 0) is 37.0 Å². The van der Waals surface area contributed by atoms with Crippen LogP contribution in [0.2, 0.25) is 0 Å². The molecule has 0 aliphatic carbocycles. The molecule has 0 bridgehead atoms. The van der Waals surface area contributed by atoms with Crippen LogP contribution in [-0.4, -0.2) is 24.7 Å². The van der Waals surface area contributed by atoms with Crippen molar-refractivity contribution in [3.05, 3.63) is 29.8 Å². The summed E-state index contributed by atoms with van der Waals surface area (Å²) in [5.41, 5.74) is 7.60. The van der Waals surface area contributed by atoms with Gasteiger partial charge in [-0.2, -0.15) is 0 Å². The molecule has 1 aliphatic rings. The quantitative estimate of drug-likeness (QED) is 0.890. The van der Waals surface area contributed by atoms with E-state index in [-0.39, 0.29) is 30.5 Å². The first kappa shape index (κ1) is 16.0. The maximum atomic E-state index is 12.0. The van der Waals surface area contributed by atoms with E-state index in [1.165, 1.54) is 5.56 Å². The van der Waals surface area contributed by atoms with E-state index in [4.69, 9.17) is 10.5 Å². The molecule has 2 atom stereocenters. The highest BCUT2D eigenvalue weighted by Crippen LogP contribution is 2.20. The fourth-order valence-corrected chi connectivity index (χ4v) is 2.12. The van der Waals surface area contributed by atoms with Crippen molar-refractivity contribution in [1.29, 1.82) is 0 Å². The lowest BCUT2D eigenvalue weighted by atomic mass is 10.1. The first-order chi connectivity index (χ1) is 8.72. The molecule has 1 amide bonds. The Kier molecular flexibility index (Phi) is 6.28. The van der Waals surface area contributed by atoms with Crippen LogP contribution in [0, 0.1) is 0 Å². The second-order valence-electron chi connectivity index (χ2n) is 4.60. The number of rotatable bonds is 4. The molecule has 1 aliphatic heterocycles. The number of ether oxygens (including phenoxy) is 1. The van der Waals surface area contributed by atoms with Crippen LogP contribution in [0.1, 0.15) is 25.3 Å². The number of benzene rings is 1. The number of aryl methyl sites for hydroxylation is 1. The minimum Gasteiger partial charge on any atom is -0.364 e. The molecular weight excluding hydrogens is 264 g/mol. The maximum absolute atomic E-state index is 12.0. The topological polar surface area (TPSA) is 64.4 Å². The minimum absolute atomic E-state index is 0. The summed E-state index contributed by atoms with van der Waals surface area (Å²) in [7, 11) is 0. The number of hydrogen-bond donors (Lipinski definition) is 2. The summed E-state index contributed by atoms with van der Waals surface area (Å²) >= 11 is 0. The third kappa shape index (κ3) is 4.20. The van der Waals surface area contributed by atoms with Gasteiger partial charge in [-0.25, -0.2) is 0 Å². The van der Waals surface area contributed by atoms with Crippen LogP contribution in [0.25, 0.3) is 0 Å². The maximum Gasteiger partial charge on any atom is 0.253 e. The van der Waals surface area contributed by atoms with E-state index < -0.39 is 0 Å². The Morgan fingerprint density at radius 3 is 2.58 bits per heavy atom. The van der Waals surface area contributed by atoms with Gasteiger partial charge in [-0.15, -0.1) is 12.4 Å². The van der Waals surface area contributed by atoms with Crippen LogP contribution < -0.4 is 11.1 Å². The summed E-state index contributed by atoms with van der Waals surface area (Å²) in [4.78, 5) is 12.0. The zero-order chi connectivity index (χ0) is 13.0. The van der Waals surface area contributed by atoms with Crippen LogP contribution in [0.3, 0.4) is 0 Å². The molecule has 2 rings (SSSR count). The fourth-order valence-electron chi connectivity index (χ4n) is 2.12. The van der Waals surface area contributed by atoms with E-state index in [2.05, 4.69) is 12.2 Å². The number of halogens is 1. The SMILES string of the molecule is CCc1ccc(NC(=O)[C@@H]2CC[C@H](CN)O2)cc1.Cl. The molecule has 106 valence electrons. The van der Waals surface area contributed by atoms with Crippen LogP contribution >= 0.6 is 12.4 Å². The summed E-state index contributed by atoms with van der Waals surface area (Å²) in [6.45, 7) is 2.59. The van der Waals surface area contributed by atoms with E-state index in [9.17, 15) is 4.79 Å². The molecule has 0 spiro atoms. The normalized spacial score (nSPS) is 21.8. The average molecular weight is 285 g/mol. The van der Waals surface area contributed by atoms with Gasteiger partial charge in [0, 0.05) is 12.2 Å². The summed E-state index contributed by atoms with van der Waals surface area (Å²) in [5.74, 6) is -0.0739. The fraction of sp³-hybridized carbons (Fsp3) is 0.500. The summed E-state index contributed by atoms with van der Waals surface area (Å²) < 4.78 is 5.55. The molecule has 5 heteroatoms. The van der Waals surface area contributed by atoms with Gasteiger partial charge in [0.25, 0.3) is 5.91 Å². The smallest absolute Gasteiger partial charge is 0.253 e. The first-order valence-electron chi connectivity index (χ1n) is 6.48. The van der Waals surface area contributed by atoms with Crippen molar-refractivity contribution in [2.75, 3.05) is 11.9 Å². The van der Waals surface area contributed by atoms with Gasteiger partial charge in [0.15, 0.2) is 0 Å². The van der Waals surface area contributed by atoms with Gasteiger partial charge < -0.3 is 15.8 Å². The summed E-state index contributed by atoms with van der Waals surface area (Å²) in [6, 6.07) is 7.89. The number of hydrogen-bond acceptors (Lipinski definition) is 3. The number of carbonyl (C=O) groups is 1. The molecule has 1 saturated heterocycles. The molecular formula is C14H21ClN2O2. The van der Waals surface area contributed by atoms with Crippen molar-refractivity contribution < 1.29 is 9.53 Å². The molecule has 0 aromatic heterocycles. The third-order valence-electron chi connectivity index (χ3n) is 3.29. The first-order valence-corrected chi connectivity index (χ1v) is 6.48. The Morgan fingerprint density at radius 1 is 1.37 bits per heavy atom. The number of nitrogens with two attached hydrogens (primary N) is 1. The zero-order valence-electron chi connectivity index (χ0n) is 11.1. The number of carbonyl (C=O) groups excluding carboxylic acids is 1. The van der Waals surface area contributed by atoms with Crippen molar-refractivity contribution in [2.24, 2.45) is 5.73 Å². The molecule has 1 fully saturated rings. The minimum atomic E-state index is -0.357. The lowest BCUT2D eigenvalue weighted by Crippen LogP contribution is -2.29. The van der Waals surface area contributed by atoms with Gasteiger partial charge in [0.05, 0.1) is 6.10 Å². The number of anilines is 1. The highest BCUT2D eigenvalue weighted by molar-refractivity contribution is 5.94. The van der Waals surface area contributed by atoms with Gasteiger partial charge >= 0.3 is 0 Å².